The van der Waals surface area contributed by atoms with Crippen LogP contribution >= 0.6 is 15.9 Å². The normalized spacial score (nSPS) is 19.6. The van der Waals surface area contributed by atoms with Crippen molar-refractivity contribution in [1.82, 2.24) is 10.6 Å². The summed E-state index contributed by atoms with van der Waals surface area (Å²) in [5, 5.41) is 20.9. The second-order valence-corrected chi connectivity index (χ2v) is 9.39. The second-order valence-electron chi connectivity index (χ2n) is 8.47. The smallest absolute Gasteiger partial charge is 0.217 e. The number of halogens is 1. The number of benzene rings is 2. The standard InChI is InChI=1S/C23H30BrN3O2/c1-15(28)26-20(11-16-7-5-4-6-8-16)22(29)14-25-21-13-23(2,3)27-19-10-9-17(24)12-18(19)21/h4-10,12,20-22,25,27,29H,11,13-14H2,1-3H3,(H,26,28)/t20-,21+,22+/m0/s1. The summed E-state index contributed by atoms with van der Waals surface area (Å²) in [5.74, 6) is -0.137. The third-order valence-corrected chi connectivity index (χ3v) is 5.79. The van der Waals surface area contributed by atoms with Crippen LogP contribution in [-0.4, -0.2) is 35.2 Å². The van der Waals surface area contributed by atoms with Gasteiger partial charge in [0.25, 0.3) is 0 Å². The van der Waals surface area contributed by atoms with E-state index in [0.29, 0.717) is 13.0 Å². The molecule has 0 bridgehead atoms. The van der Waals surface area contributed by atoms with Crippen molar-refractivity contribution in [2.75, 3.05) is 11.9 Å². The van der Waals surface area contributed by atoms with E-state index < -0.39 is 6.10 Å². The molecular formula is C23H30BrN3O2. The van der Waals surface area contributed by atoms with E-state index in [1.54, 1.807) is 0 Å². The Morgan fingerprint density at radius 1 is 1.28 bits per heavy atom. The van der Waals surface area contributed by atoms with E-state index in [0.717, 1.165) is 22.1 Å². The van der Waals surface area contributed by atoms with Crippen molar-refractivity contribution in [3.63, 3.8) is 0 Å². The molecule has 3 rings (SSSR count). The molecule has 0 radical (unpaired) electrons. The van der Waals surface area contributed by atoms with Gasteiger partial charge in [0.2, 0.25) is 5.91 Å². The number of hydrogen-bond donors (Lipinski definition) is 4. The Labute approximate surface area is 181 Å². The summed E-state index contributed by atoms with van der Waals surface area (Å²) in [7, 11) is 0. The van der Waals surface area contributed by atoms with Crippen LogP contribution in [0.2, 0.25) is 0 Å². The lowest BCUT2D eigenvalue weighted by atomic mass is 9.85. The molecule has 5 nitrogen and oxygen atoms in total. The van der Waals surface area contributed by atoms with Crippen molar-refractivity contribution in [3.8, 4) is 0 Å². The molecular weight excluding hydrogens is 430 g/mol. The fraction of sp³-hybridized carbons (Fsp3) is 0.435. The van der Waals surface area contributed by atoms with Gasteiger partial charge in [0.1, 0.15) is 0 Å². The van der Waals surface area contributed by atoms with Crippen LogP contribution in [0.3, 0.4) is 0 Å². The minimum Gasteiger partial charge on any atom is -0.390 e. The SMILES string of the molecule is CC(=O)N[C@@H](Cc1ccccc1)[C@H](O)CN[C@@H]1CC(C)(C)Nc2ccc(Br)cc21. The molecule has 0 saturated carbocycles. The van der Waals surface area contributed by atoms with E-state index in [1.807, 2.05) is 36.4 Å². The molecule has 156 valence electrons. The van der Waals surface area contributed by atoms with E-state index in [-0.39, 0.29) is 23.5 Å². The number of aliphatic hydroxyl groups excluding tert-OH is 1. The lowest BCUT2D eigenvalue weighted by molar-refractivity contribution is -0.120. The first-order chi connectivity index (χ1) is 13.7. The molecule has 29 heavy (non-hydrogen) atoms. The van der Waals surface area contributed by atoms with Gasteiger partial charge in [0.15, 0.2) is 0 Å². The van der Waals surface area contributed by atoms with Crippen LogP contribution in [0, 0.1) is 0 Å². The fourth-order valence-electron chi connectivity index (χ4n) is 3.97. The summed E-state index contributed by atoms with van der Waals surface area (Å²) in [4.78, 5) is 11.7. The quantitative estimate of drug-likeness (QED) is 0.508. The van der Waals surface area contributed by atoms with Crippen molar-refractivity contribution in [3.05, 3.63) is 64.1 Å². The molecule has 2 aromatic rings. The predicted octanol–water partition coefficient (Wildman–Crippen LogP) is 3.78. The molecule has 0 unspecified atom stereocenters. The Balaban J connectivity index is 1.71. The first-order valence-corrected chi connectivity index (χ1v) is 10.8. The highest BCUT2D eigenvalue weighted by molar-refractivity contribution is 9.10. The average Bonchev–Trinajstić information content (AvgIpc) is 2.65. The van der Waals surface area contributed by atoms with E-state index >= 15 is 0 Å². The molecule has 4 N–H and O–H groups in total. The summed E-state index contributed by atoms with van der Waals surface area (Å²) >= 11 is 3.56. The van der Waals surface area contributed by atoms with Crippen LogP contribution in [0.5, 0.6) is 0 Å². The predicted molar refractivity (Wildman–Crippen MR) is 121 cm³/mol. The van der Waals surface area contributed by atoms with Gasteiger partial charge < -0.3 is 21.1 Å². The van der Waals surface area contributed by atoms with Crippen molar-refractivity contribution in [2.45, 2.75) is 57.3 Å². The highest BCUT2D eigenvalue weighted by Crippen LogP contribution is 2.38. The molecule has 1 amide bonds. The van der Waals surface area contributed by atoms with Gasteiger partial charge in [-0.2, -0.15) is 0 Å². The van der Waals surface area contributed by atoms with Crippen LogP contribution in [-0.2, 0) is 11.2 Å². The van der Waals surface area contributed by atoms with Crippen LogP contribution in [0.15, 0.2) is 53.0 Å². The van der Waals surface area contributed by atoms with Crippen molar-refractivity contribution in [2.24, 2.45) is 0 Å². The largest absolute Gasteiger partial charge is 0.390 e. The number of carbonyl (C=O) groups is 1. The van der Waals surface area contributed by atoms with Crippen molar-refractivity contribution >= 4 is 27.5 Å². The molecule has 6 heteroatoms. The van der Waals surface area contributed by atoms with E-state index in [9.17, 15) is 9.90 Å². The third kappa shape index (κ3) is 6.04. The summed E-state index contributed by atoms with van der Waals surface area (Å²) in [6.07, 6.45) is 0.781. The summed E-state index contributed by atoms with van der Waals surface area (Å²) in [6.45, 7) is 6.24. The molecule has 1 heterocycles. The van der Waals surface area contributed by atoms with Gasteiger partial charge in [0, 0.05) is 35.2 Å². The van der Waals surface area contributed by atoms with Crippen LogP contribution in [0.1, 0.15) is 44.4 Å². The summed E-state index contributed by atoms with van der Waals surface area (Å²) in [5.41, 5.74) is 3.33. The van der Waals surface area contributed by atoms with Crippen LogP contribution < -0.4 is 16.0 Å². The van der Waals surface area contributed by atoms with Gasteiger partial charge >= 0.3 is 0 Å². The van der Waals surface area contributed by atoms with Gasteiger partial charge in [-0.15, -0.1) is 0 Å². The molecule has 1 aliphatic rings. The fourth-order valence-corrected chi connectivity index (χ4v) is 4.35. The number of nitrogens with one attached hydrogen (secondary N) is 3. The van der Waals surface area contributed by atoms with Crippen LogP contribution in [0.25, 0.3) is 0 Å². The molecule has 1 aliphatic heterocycles. The minimum atomic E-state index is -0.701. The molecule has 0 spiro atoms. The maximum Gasteiger partial charge on any atom is 0.217 e. The van der Waals surface area contributed by atoms with Gasteiger partial charge in [-0.05, 0) is 56.0 Å². The topological polar surface area (TPSA) is 73.4 Å². The highest BCUT2D eigenvalue weighted by Gasteiger charge is 2.32. The molecule has 0 aliphatic carbocycles. The van der Waals surface area contributed by atoms with Gasteiger partial charge in [0.05, 0.1) is 12.1 Å². The maximum absolute atomic E-state index is 11.7. The van der Waals surface area contributed by atoms with E-state index in [2.05, 4.69) is 57.9 Å². The van der Waals surface area contributed by atoms with Crippen molar-refractivity contribution in [1.29, 1.82) is 0 Å². The van der Waals surface area contributed by atoms with Crippen LogP contribution in [0.4, 0.5) is 5.69 Å². The number of anilines is 1. The zero-order valence-electron chi connectivity index (χ0n) is 17.2. The number of fused-ring (bicyclic) bond motifs is 1. The Morgan fingerprint density at radius 2 is 2.00 bits per heavy atom. The maximum atomic E-state index is 11.7. The molecule has 0 saturated heterocycles. The summed E-state index contributed by atoms with van der Waals surface area (Å²) in [6, 6.07) is 15.9. The van der Waals surface area contributed by atoms with Crippen molar-refractivity contribution < 1.29 is 9.90 Å². The lowest BCUT2D eigenvalue weighted by Gasteiger charge is -2.40. The lowest BCUT2D eigenvalue weighted by Crippen LogP contribution is -2.50. The highest BCUT2D eigenvalue weighted by atomic mass is 79.9. The number of hydrogen-bond acceptors (Lipinski definition) is 4. The van der Waals surface area contributed by atoms with Gasteiger partial charge in [-0.25, -0.2) is 0 Å². The van der Waals surface area contributed by atoms with Gasteiger partial charge in [-0.3, -0.25) is 4.79 Å². The molecule has 2 aromatic carbocycles. The Morgan fingerprint density at radius 3 is 2.69 bits per heavy atom. The number of carbonyl (C=O) groups excluding carboxylic acids is 1. The minimum absolute atomic E-state index is 0.0511. The number of rotatable bonds is 7. The molecule has 0 fully saturated rings. The van der Waals surface area contributed by atoms with E-state index in [4.69, 9.17) is 0 Å². The Hall–Kier alpha value is -1.89. The first-order valence-electron chi connectivity index (χ1n) is 10.0. The summed E-state index contributed by atoms with van der Waals surface area (Å²) < 4.78 is 1.03. The number of aliphatic hydroxyl groups is 1. The average molecular weight is 460 g/mol. The Kier molecular flexibility index (Phi) is 6.98. The monoisotopic (exact) mass is 459 g/mol. The molecule has 0 aromatic heterocycles. The third-order valence-electron chi connectivity index (χ3n) is 5.30. The zero-order valence-corrected chi connectivity index (χ0v) is 18.8. The molecule has 3 atom stereocenters. The van der Waals surface area contributed by atoms with Gasteiger partial charge in [-0.1, -0.05) is 46.3 Å². The van der Waals surface area contributed by atoms with E-state index in [1.165, 1.54) is 12.5 Å². The second kappa shape index (κ2) is 9.28. The first kappa shape index (κ1) is 21.8. The number of amides is 1. The Bertz CT molecular complexity index is 841. The zero-order chi connectivity index (χ0) is 21.0.